The fourth-order valence-electron chi connectivity index (χ4n) is 5.80. The predicted octanol–water partition coefficient (Wildman–Crippen LogP) is 6.71. The van der Waals surface area contributed by atoms with Crippen LogP contribution >= 0.6 is 7.26 Å². The third kappa shape index (κ3) is 5.58. The van der Waals surface area contributed by atoms with Crippen LogP contribution in [0.2, 0.25) is 0 Å². The third-order valence-electron chi connectivity index (χ3n) is 7.52. The van der Waals surface area contributed by atoms with Crippen LogP contribution in [0.15, 0.2) is 126 Å². The van der Waals surface area contributed by atoms with Gasteiger partial charge in [0.2, 0.25) is 0 Å². The number of benzene rings is 3. The number of rotatable bonds is 7. The second kappa shape index (κ2) is 10.9. The molecule has 0 fully saturated rings. The summed E-state index contributed by atoms with van der Waals surface area (Å²) in [5.41, 5.74) is 3.95. The molecule has 1 aliphatic carbocycles. The van der Waals surface area contributed by atoms with Gasteiger partial charge in [-0.15, -0.1) is 0 Å². The van der Waals surface area contributed by atoms with Crippen LogP contribution in [-0.4, -0.2) is 17.4 Å². The van der Waals surface area contributed by atoms with Gasteiger partial charge >= 0.3 is 212 Å². The van der Waals surface area contributed by atoms with Crippen molar-refractivity contribution in [2.24, 2.45) is 5.41 Å². The first-order valence-corrected chi connectivity index (χ1v) is 14.9. The van der Waals surface area contributed by atoms with E-state index in [-0.39, 0.29) is 11.5 Å². The van der Waals surface area contributed by atoms with Crippen LogP contribution in [0.4, 0.5) is 0 Å². The summed E-state index contributed by atoms with van der Waals surface area (Å²) in [5.74, 6) is 0. The van der Waals surface area contributed by atoms with Crippen LogP contribution in [0.3, 0.4) is 0 Å². The molecule has 3 aromatic rings. The quantitative estimate of drug-likeness (QED) is 0.293. The van der Waals surface area contributed by atoms with E-state index in [1.165, 1.54) is 32.6 Å². The molecule has 182 valence electrons. The van der Waals surface area contributed by atoms with Gasteiger partial charge in [-0.1, -0.05) is 0 Å². The van der Waals surface area contributed by atoms with Gasteiger partial charge in [0, 0.05) is 0 Å². The molecule has 0 amide bonds. The topological polar surface area (TPSA) is 20.2 Å². The van der Waals surface area contributed by atoms with E-state index < -0.39 is 7.26 Å². The Balaban J connectivity index is 1.76. The molecule has 35 heavy (non-hydrogen) atoms. The maximum absolute atomic E-state index is 10.2. The summed E-state index contributed by atoms with van der Waals surface area (Å²) in [7, 11) is -2.26. The molecule has 0 heterocycles. The second-order valence-electron chi connectivity index (χ2n) is 10.6. The SMILES string of the molecule is CC1=C(/C=C\C(C)=C/C[PH](c2ccccc2)(c2ccccc2)c2ccccc2)C(C)(C)C[C@H](O)C1. The molecule has 1 nitrogen and oxygen atoms in total. The van der Waals surface area contributed by atoms with E-state index in [9.17, 15) is 5.11 Å². The zero-order valence-electron chi connectivity index (χ0n) is 21.5. The minimum absolute atomic E-state index is 0.00481. The Bertz CT molecular complexity index is 1110. The summed E-state index contributed by atoms with van der Waals surface area (Å²) in [5, 5.41) is 14.6. The van der Waals surface area contributed by atoms with Gasteiger partial charge in [0.15, 0.2) is 0 Å². The van der Waals surface area contributed by atoms with Crippen LogP contribution in [0, 0.1) is 5.41 Å². The van der Waals surface area contributed by atoms with Crippen molar-refractivity contribution >= 4 is 23.2 Å². The van der Waals surface area contributed by atoms with Crippen LogP contribution in [-0.2, 0) is 0 Å². The van der Waals surface area contributed by atoms with Gasteiger partial charge in [-0.05, 0) is 0 Å². The fraction of sp³-hybridized carbons (Fsp3) is 0.273. The first-order chi connectivity index (χ1) is 16.8. The summed E-state index contributed by atoms with van der Waals surface area (Å²) >= 11 is 0. The Labute approximate surface area is 212 Å². The average Bonchev–Trinajstić information content (AvgIpc) is 2.85. The minimum atomic E-state index is -2.26. The molecule has 0 saturated heterocycles. The monoisotopic (exact) mass is 482 g/mol. The van der Waals surface area contributed by atoms with E-state index in [2.05, 4.69) is 137 Å². The Morgan fingerprint density at radius 1 is 0.857 bits per heavy atom. The predicted molar refractivity (Wildman–Crippen MR) is 156 cm³/mol. The molecule has 1 N–H and O–H groups in total. The zero-order valence-corrected chi connectivity index (χ0v) is 22.5. The van der Waals surface area contributed by atoms with Gasteiger partial charge in [0.1, 0.15) is 0 Å². The van der Waals surface area contributed by atoms with E-state index >= 15 is 0 Å². The van der Waals surface area contributed by atoms with Crippen LogP contribution in [0.25, 0.3) is 0 Å². The molecule has 0 saturated carbocycles. The number of aliphatic hydroxyl groups is 1. The fourth-order valence-corrected chi connectivity index (χ4v) is 10.4. The van der Waals surface area contributed by atoms with Gasteiger partial charge in [0.25, 0.3) is 0 Å². The molecule has 0 aliphatic heterocycles. The van der Waals surface area contributed by atoms with Crippen molar-refractivity contribution in [2.45, 2.75) is 46.6 Å². The summed E-state index contributed by atoms with van der Waals surface area (Å²) in [4.78, 5) is 0. The summed E-state index contributed by atoms with van der Waals surface area (Å²) in [6.07, 6.45) is 9.38. The van der Waals surface area contributed by atoms with E-state index in [0.29, 0.717) is 0 Å². The first-order valence-electron chi connectivity index (χ1n) is 12.7. The number of aliphatic hydroxyl groups excluding tert-OH is 1. The van der Waals surface area contributed by atoms with Crippen molar-refractivity contribution in [3.8, 4) is 0 Å². The molecule has 0 radical (unpaired) electrons. The van der Waals surface area contributed by atoms with Crippen molar-refractivity contribution in [3.63, 3.8) is 0 Å². The van der Waals surface area contributed by atoms with E-state index in [4.69, 9.17) is 0 Å². The standard InChI is InChI=1S/C33H39OP/c1-26(20-21-32-27(2)24-28(34)25-33(32,3)4)22-23-35(29-14-8-5-9-15-29,30-16-10-6-11-17-30)31-18-12-7-13-19-31/h5-22,28,34-35H,23-25H2,1-4H3/b21-20-,26-22-/t28-/m1/s1. The zero-order chi connectivity index (χ0) is 24.9. The maximum atomic E-state index is 10.2. The molecule has 4 rings (SSSR count). The van der Waals surface area contributed by atoms with Gasteiger partial charge < -0.3 is 0 Å². The Kier molecular flexibility index (Phi) is 7.90. The molecule has 0 spiro atoms. The Morgan fingerprint density at radius 2 is 1.31 bits per heavy atom. The molecule has 1 atom stereocenters. The van der Waals surface area contributed by atoms with E-state index in [1.807, 2.05) is 0 Å². The molecule has 1 aliphatic rings. The van der Waals surface area contributed by atoms with Crippen LogP contribution in [0.1, 0.15) is 40.5 Å². The molecular formula is C33H39OP. The van der Waals surface area contributed by atoms with Gasteiger partial charge in [0.05, 0.1) is 0 Å². The summed E-state index contributed by atoms with van der Waals surface area (Å²) in [6.45, 7) is 8.88. The summed E-state index contributed by atoms with van der Waals surface area (Å²) in [6, 6.07) is 33.3. The normalized spacial score (nSPS) is 19.2. The van der Waals surface area contributed by atoms with Crippen molar-refractivity contribution in [1.82, 2.24) is 0 Å². The third-order valence-corrected chi connectivity index (χ3v) is 12.3. The van der Waals surface area contributed by atoms with Gasteiger partial charge in [-0.2, -0.15) is 0 Å². The molecule has 3 aromatic carbocycles. The van der Waals surface area contributed by atoms with Crippen molar-refractivity contribution in [1.29, 1.82) is 0 Å². The number of hydrogen-bond donors (Lipinski definition) is 1. The molecular weight excluding hydrogens is 443 g/mol. The van der Waals surface area contributed by atoms with Gasteiger partial charge in [-0.25, -0.2) is 0 Å². The molecule has 0 aromatic heterocycles. The summed E-state index contributed by atoms with van der Waals surface area (Å²) < 4.78 is 0. The second-order valence-corrected chi connectivity index (χ2v) is 14.6. The van der Waals surface area contributed by atoms with Gasteiger partial charge in [-0.3, -0.25) is 0 Å². The molecule has 0 unspecified atom stereocenters. The number of allylic oxidation sites excluding steroid dienone is 5. The Hall–Kier alpha value is -2.73. The van der Waals surface area contributed by atoms with E-state index in [0.717, 1.165) is 19.0 Å². The van der Waals surface area contributed by atoms with E-state index in [1.54, 1.807) is 0 Å². The van der Waals surface area contributed by atoms with Crippen molar-refractivity contribution in [3.05, 3.63) is 126 Å². The van der Waals surface area contributed by atoms with Crippen molar-refractivity contribution in [2.75, 3.05) is 6.16 Å². The average molecular weight is 483 g/mol. The number of hydrogen-bond acceptors (Lipinski definition) is 1. The molecule has 0 bridgehead atoms. The molecule has 2 heteroatoms. The Morgan fingerprint density at radius 3 is 1.74 bits per heavy atom. The first kappa shape index (κ1) is 25.4. The van der Waals surface area contributed by atoms with Crippen LogP contribution < -0.4 is 15.9 Å². The van der Waals surface area contributed by atoms with Crippen LogP contribution in [0.5, 0.6) is 0 Å². The van der Waals surface area contributed by atoms with Crippen molar-refractivity contribution < 1.29 is 5.11 Å².